The fourth-order valence-corrected chi connectivity index (χ4v) is 5.10. The number of amides is 1. The summed E-state index contributed by atoms with van der Waals surface area (Å²) in [6, 6.07) is 0.917. The molecular formula is C18H30N5O2+. The molecule has 2 bridgehead atoms. The van der Waals surface area contributed by atoms with E-state index in [4.69, 9.17) is 5.11 Å². The number of hydrogen-bond acceptors (Lipinski definition) is 4. The fourth-order valence-electron chi connectivity index (χ4n) is 5.10. The summed E-state index contributed by atoms with van der Waals surface area (Å²) in [5.74, 6) is 0.994. The Kier molecular flexibility index (Phi) is 5.03. The predicted molar refractivity (Wildman–Crippen MR) is 91.7 cm³/mol. The topological polar surface area (TPSA) is 84.5 Å². The van der Waals surface area contributed by atoms with E-state index in [9.17, 15) is 4.79 Å². The van der Waals surface area contributed by atoms with Crippen LogP contribution in [0.25, 0.3) is 0 Å². The minimum atomic E-state index is -0.0622. The Bertz CT molecular complexity index is 598. The Morgan fingerprint density at radius 3 is 2.84 bits per heavy atom. The van der Waals surface area contributed by atoms with Gasteiger partial charge in [-0.3, -0.25) is 4.79 Å². The summed E-state index contributed by atoms with van der Waals surface area (Å²) in [6.07, 6.45) is 10.2. The van der Waals surface area contributed by atoms with Gasteiger partial charge in [0.15, 0.2) is 0 Å². The minimum Gasteiger partial charge on any atom is -0.390 e. The quantitative estimate of drug-likeness (QED) is 0.671. The van der Waals surface area contributed by atoms with Crippen molar-refractivity contribution in [3.05, 3.63) is 11.9 Å². The Hall–Kier alpha value is -1.47. The lowest BCUT2D eigenvalue weighted by Gasteiger charge is -2.46. The summed E-state index contributed by atoms with van der Waals surface area (Å²) in [7, 11) is 0. The highest BCUT2D eigenvalue weighted by Crippen LogP contribution is 2.28. The van der Waals surface area contributed by atoms with Crippen LogP contribution in [0.15, 0.2) is 6.20 Å². The monoisotopic (exact) mass is 348 g/mol. The highest BCUT2D eigenvalue weighted by atomic mass is 16.3. The molecule has 25 heavy (non-hydrogen) atoms. The van der Waals surface area contributed by atoms with Crippen LogP contribution in [0.3, 0.4) is 0 Å². The predicted octanol–water partition coefficient (Wildman–Crippen LogP) is -0.487. The lowest BCUT2D eigenvalue weighted by Crippen LogP contribution is -3.20. The first-order valence-electron chi connectivity index (χ1n) is 9.87. The molecule has 0 spiro atoms. The number of aliphatic hydroxyl groups excluding tert-OH is 1. The number of carbonyl (C=O) groups excluding carboxylic acids is 1. The van der Waals surface area contributed by atoms with Crippen LogP contribution in [0.5, 0.6) is 0 Å². The summed E-state index contributed by atoms with van der Waals surface area (Å²) in [4.78, 5) is 14.3. The third-order valence-corrected chi connectivity index (χ3v) is 6.50. The molecule has 4 fully saturated rings. The third kappa shape index (κ3) is 3.72. The smallest absolute Gasteiger partial charge is 0.229 e. The summed E-state index contributed by atoms with van der Waals surface area (Å²) in [5.41, 5.74) is 0.621. The molecule has 3 saturated heterocycles. The molecule has 4 aliphatic rings. The lowest BCUT2D eigenvalue weighted by molar-refractivity contribution is -0.945. The van der Waals surface area contributed by atoms with Gasteiger partial charge in [-0.1, -0.05) is 24.5 Å². The van der Waals surface area contributed by atoms with Crippen LogP contribution in [0.4, 0.5) is 0 Å². The molecule has 4 atom stereocenters. The lowest BCUT2D eigenvalue weighted by atomic mass is 9.75. The number of carbonyl (C=O) groups is 1. The van der Waals surface area contributed by atoms with Gasteiger partial charge in [0, 0.05) is 18.9 Å². The highest BCUT2D eigenvalue weighted by molar-refractivity contribution is 5.79. The second kappa shape index (κ2) is 7.41. The fraction of sp³-hybridized carbons (Fsp3) is 0.833. The van der Waals surface area contributed by atoms with Crippen LogP contribution in [-0.4, -0.2) is 51.2 Å². The SMILES string of the molecule is O=C(NC1CCCCC1)[C@H]1C[NH+]2CC[C@H]1C[C@@H]2Cn1cc(CO)nn1. The van der Waals surface area contributed by atoms with Crippen molar-refractivity contribution in [2.75, 3.05) is 13.1 Å². The van der Waals surface area contributed by atoms with Gasteiger partial charge in [-0.15, -0.1) is 5.10 Å². The van der Waals surface area contributed by atoms with E-state index in [0.717, 1.165) is 45.3 Å². The summed E-state index contributed by atoms with van der Waals surface area (Å²) >= 11 is 0. The standard InChI is InChI=1S/C18H29N5O2/c24-12-15-9-23(21-20-15)10-16-8-13-6-7-22(16)11-17(13)18(25)19-14-4-2-1-3-5-14/h9,13-14,16-17,24H,1-8,10-12H2,(H,19,25)/p+1/t13-,16+,17-/m0/s1. The van der Waals surface area contributed by atoms with Gasteiger partial charge in [-0.25, -0.2) is 4.68 Å². The molecule has 1 saturated carbocycles. The maximum Gasteiger partial charge on any atom is 0.229 e. The molecule has 7 heteroatoms. The maximum absolute atomic E-state index is 12.8. The van der Waals surface area contributed by atoms with E-state index in [1.54, 1.807) is 0 Å². The normalized spacial score (nSPS) is 32.7. The number of hydrogen-bond donors (Lipinski definition) is 3. The van der Waals surface area contributed by atoms with Crippen LogP contribution in [-0.2, 0) is 17.9 Å². The minimum absolute atomic E-state index is 0.0622. The first-order chi connectivity index (χ1) is 12.2. The summed E-state index contributed by atoms with van der Waals surface area (Å²) in [6.45, 7) is 2.88. The number of piperidine rings is 3. The van der Waals surface area contributed by atoms with E-state index in [2.05, 4.69) is 15.6 Å². The van der Waals surface area contributed by atoms with Crippen LogP contribution >= 0.6 is 0 Å². The van der Waals surface area contributed by atoms with Gasteiger partial charge in [0.1, 0.15) is 11.7 Å². The van der Waals surface area contributed by atoms with E-state index >= 15 is 0 Å². The first-order valence-corrected chi connectivity index (χ1v) is 9.87. The zero-order chi connectivity index (χ0) is 17.2. The van der Waals surface area contributed by atoms with E-state index in [-0.39, 0.29) is 12.5 Å². The molecule has 1 aromatic rings. The first kappa shape index (κ1) is 17.0. The van der Waals surface area contributed by atoms with Crippen molar-refractivity contribution in [3.8, 4) is 0 Å². The Balaban J connectivity index is 1.33. The molecule has 5 rings (SSSR count). The van der Waals surface area contributed by atoms with Crippen LogP contribution in [0.2, 0.25) is 0 Å². The largest absolute Gasteiger partial charge is 0.390 e. The Morgan fingerprint density at radius 1 is 1.32 bits per heavy atom. The molecule has 3 aliphatic heterocycles. The van der Waals surface area contributed by atoms with E-state index in [1.165, 1.54) is 24.2 Å². The molecule has 0 radical (unpaired) electrons. The maximum atomic E-state index is 12.8. The molecule has 1 aromatic heterocycles. The Morgan fingerprint density at radius 2 is 2.16 bits per heavy atom. The van der Waals surface area contributed by atoms with Gasteiger partial charge in [0.2, 0.25) is 5.91 Å². The summed E-state index contributed by atoms with van der Waals surface area (Å²) in [5, 5.41) is 20.5. The average Bonchev–Trinajstić information content (AvgIpc) is 3.10. The second-order valence-corrected chi connectivity index (χ2v) is 8.13. The van der Waals surface area contributed by atoms with Gasteiger partial charge in [0.05, 0.1) is 38.4 Å². The molecule has 1 unspecified atom stereocenters. The zero-order valence-corrected chi connectivity index (χ0v) is 14.9. The number of nitrogens with zero attached hydrogens (tertiary/aromatic N) is 3. The van der Waals surface area contributed by atoms with Crippen molar-refractivity contribution >= 4 is 5.91 Å². The Labute approximate surface area is 148 Å². The molecule has 4 heterocycles. The molecule has 138 valence electrons. The number of nitrogens with one attached hydrogen (secondary N) is 2. The van der Waals surface area contributed by atoms with Crippen LogP contribution in [0, 0.1) is 11.8 Å². The van der Waals surface area contributed by atoms with E-state index in [0.29, 0.717) is 29.6 Å². The number of fused-ring (bicyclic) bond motifs is 3. The van der Waals surface area contributed by atoms with Gasteiger partial charge >= 0.3 is 0 Å². The number of aliphatic hydroxyl groups is 1. The molecular weight excluding hydrogens is 318 g/mol. The van der Waals surface area contributed by atoms with Crippen molar-refractivity contribution in [3.63, 3.8) is 0 Å². The number of rotatable bonds is 5. The third-order valence-electron chi connectivity index (χ3n) is 6.50. The molecule has 7 nitrogen and oxygen atoms in total. The van der Waals surface area contributed by atoms with E-state index < -0.39 is 0 Å². The van der Waals surface area contributed by atoms with Gasteiger partial charge in [-0.05, 0) is 18.8 Å². The van der Waals surface area contributed by atoms with Crippen LogP contribution < -0.4 is 10.2 Å². The molecule has 1 aliphatic carbocycles. The van der Waals surface area contributed by atoms with Crippen molar-refractivity contribution < 1.29 is 14.8 Å². The second-order valence-electron chi connectivity index (χ2n) is 8.13. The van der Waals surface area contributed by atoms with Crippen LogP contribution in [0.1, 0.15) is 50.6 Å². The molecule has 0 aromatic carbocycles. The van der Waals surface area contributed by atoms with Gasteiger partial charge < -0.3 is 15.3 Å². The average molecular weight is 348 g/mol. The zero-order valence-electron chi connectivity index (χ0n) is 14.9. The molecule has 1 amide bonds. The van der Waals surface area contributed by atoms with Gasteiger partial charge in [0.25, 0.3) is 0 Å². The molecule has 3 N–H and O–H groups in total. The van der Waals surface area contributed by atoms with Crippen molar-refractivity contribution in [2.45, 2.75) is 70.2 Å². The highest BCUT2D eigenvalue weighted by Gasteiger charge is 2.46. The van der Waals surface area contributed by atoms with Crippen molar-refractivity contribution in [1.29, 1.82) is 0 Å². The number of quaternary nitrogens is 1. The number of aromatic nitrogens is 3. The van der Waals surface area contributed by atoms with E-state index in [1.807, 2.05) is 10.9 Å². The van der Waals surface area contributed by atoms with Crippen molar-refractivity contribution in [2.24, 2.45) is 11.8 Å². The van der Waals surface area contributed by atoms with Crippen molar-refractivity contribution in [1.82, 2.24) is 20.3 Å². The van der Waals surface area contributed by atoms with Gasteiger partial charge in [-0.2, -0.15) is 0 Å². The summed E-state index contributed by atoms with van der Waals surface area (Å²) < 4.78 is 1.85.